The van der Waals surface area contributed by atoms with Gasteiger partial charge in [0.25, 0.3) is 0 Å². The summed E-state index contributed by atoms with van der Waals surface area (Å²) in [6.07, 6.45) is 0. The van der Waals surface area contributed by atoms with E-state index in [1.807, 2.05) is 48.2 Å². The van der Waals surface area contributed by atoms with Gasteiger partial charge < -0.3 is 0 Å². The maximum atomic E-state index is 9.15. The van der Waals surface area contributed by atoms with E-state index in [9.17, 15) is 0 Å². The van der Waals surface area contributed by atoms with Crippen molar-refractivity contribution in [3.63, 3.8) is 0 Å². The highest BCUT2D eigenvalue weighted by Crippen LogP contribution is 2.57. The molecule has 2 aromatic rings. The molecule has 1 fully saturated rings. The third kappa shape index (κ3) is 2.77. The second-order valence-corrected chi connectivity index (χ2v) is 7.29. The van der Waals surface area contributed by atoms with Gasteiger partial charge in [-0.15, -0.1) is 11.8 Å². The van der Waals surface area contributed by atoms with Crippen LogP contribution in [-0.2, 0) is 4.87 Å². The maximum Gasteiger partial charge on any atom is 0.135 e. The number of azide groups is 1. The molecule has 1 aliphatic heterocycles. The molecule has 5 heteroatoms. The minimum absolute atomic E-state index is 0.135. The van der Waals surface area contributed by atoms with Crippen LogP contribution in [0.15, 0.2) is 65.8 Å². The van der Waals surface area contributed by atoms with Crippen molar-refractivity contribution < 1.29 is 0 Å². The minimum atomic E-state index is -0.569. The topological polar surface area (TPSA) is 48.8 Å². The molecule has 1 heterocycles. The van der Waals surface area contributed by atoms with Gasteiger partial charge in [0.05, 0.1) is 5.25 Å². The van der Waals surface area contributed by atoms with Gasteiger partial charge in [-0.25, -0.2) is 0 Å². The van der Waals surface area contributed by atoms with Crippen molar-refractivity contribution in [3.8, 4) is 0 Å². The molecule has 106 valence electrons. The summed E-state index contributed by atoms with van der Waals surface area (Å²) in [5.74, 6) is 2.06. The van der Waals surface area contributed by atoms with Crippen molar-refractivity contribution in [2.45, 2.75) is 10.1 Å². The predicted molar refractivity (Wildman–Crippen MR) is 91.4 cm³/mol. The van der Waals surface area contributed by atoms with Crippen LogP contribution in [0.1, 0.15) is 16.4 Å². The van der Waals surface area contributed by atoms with Crippen LogP contribution in [0, 0.1) is 0 Å². The molecule has 0 unspecified atom stereocenters. The Bertz CT molecular complexity index is 641. The number of rotatable bonds is 3. The fourth-order valence-electron chi connectivity index (χ4n) is 2.62. The summed E-state index contributed by atoms with van der Waals surface area (Å²) in [7, 11) is 0. The Morgan fingerprint density at radius 1 is 1.00 bits per heavy atom. The SMILES string of the molecule is [N-]=[N+]=N[C@@]1(c2ccccc2)SCCS[C@@H]1c1ccccc1. The van der Waals surface area contributed by atoms with Crippen LogP contribution < -0.4 is 0 Å². The van der Waals surface area contributed by atoms with Gasteiger partial charge in [0.15, 0.2) is 0 Å². The fourth-order valence-corrected chi connectivity index (χ4v) is 5.74. The van der Waals surface area contributed by atoms with Crippen molar-refractivity contribution in [1.29, 1.82) is 0 Å². The van der Waals surface area contributed by atoms with Gasteiger partial charge >= 0.3 is 0 Å². The smallest absolute Gasteiger partial charge is 0.135 e. The molecule has 0 bridgehead atoms. The van der Waals surface area contributed by atoms with Crippen molar-refractivity contribution in [2.24, 2.45) is 5.11 Å². The van der Waals surface area contributed by atoms with Crippen molar-refractivity contribution >= 4 is 23.5 Å². The van der Waals surface area contributed by atoms with Gasteiger partial charge in [-0.2, -0.15) is 11.8 Å². The summed E-state index contributed by atoms with van der Waals surface area (Å²) in [4.78, 5) is 2.61. The van der Waals surface area contributed by atoms with E-state index in [4.69, 9.17) is 5.53 Å². The van der Waals surface area contributed by atoms with Crippen molar-refractivity contribution in [1.82, 2.24) is 0 Å². The Balaban J connectivity index is 2.13. The molecule has 3 nitrogen and oxygen atoms in total. The lowest BCUT2D eigenvalue weighted by Gasteiger charge is -2.40. The van der Waals surface area contributed by atoms with E-state index in [2.05, 4.69) is 34.3 Å². The molecule has 0 amide bonds. The highest BCUT2D eigenvalue weighted by molar-refractivity contribution is 8.07. The first-order valence-corrected chi connectivity index (χ1v) is 8.82. The van der Waals surface area contributed by atoms with Gasteiger partial charge in [-0.1, -0.05) is 65.8 Å². The van der Waals surface area contributed by atoms with Gasteiger partial charge in [0, 0.05) is 16.4 Å². The summed E-state index contributed by atoms with van der Waals surface area (Å²) in [5.41, 5.74) is 11.4. The van der Waals surface area contributed by atoms with Crippen LogP contribution in [0.25, 0.3) is 10.4 Å². The summed E-state index contributed by atoms with van der Waals surface area (Å²) in [6, 6.07) is 20.5. The number of hydrogen-bond donors (Lipinski definition) is 0. The lowest BCUT2D eigenvalue weighted by atomic mass is 9.98. The van der Waals surface area contributed by atoms with E-state index in [0.29, 0.717) is 0 Å². The standard InChI is InChI=1S/C16H15N3S2/c17-19-18-16(14-9-5-2-6-10-14)15(20-11-12-21-16)13-7-3-1-4-8-13/h1-10,15H,11-12H2/t15-,16+/m1/s1. The Morgan fingerprint density at radius 3 is 2.33 bits per heavy atom. The Morgan fingerprint density at radius 2 is 1.67 bits per heavy atom. The summed E-state index contributed by atoms with van der Waals surface area (Å²) >= 11 is 3.62. The zero-order valence-electron chi connectivity index (χ0n) is 11.4. The third-order valence-corrected chi connectivity index (χ3v) is 6.72. The first-order valence-electron chi connectivity index (χ1n) is 6.79. The van der Waals surface area contributed by atoms with E-state index in [1.54, 1.807) is 11.8 Å². The zero-order chi connectivity index (χ0) is 14.5. The quantitative estimate of drug-likeness (QED) is 0.434. The van der Waals surface area contributed by atoms with Gasteiger partial charge in [0.2, 0.25) is 0 Å². The van der Waals surface area contributed by atoms with Gasteiger partial charge in [-0.3, -0.25) is 0 Å². The Hall–Kier alpha value is -1.55. The number of thioether (sulfide) groups is 2. The third-order valence-electron chi connectivity index (χ3n) is 3.53. The molecule has 0 aliphatic carbocycles. The lowest BCUT2D eigenvalue weighted by Crippen LogP contribution is -2.30. The molecule has 0 radical (unpaired) electrons. The van der Waals surface area contributed by atoms with Gasteiger partial charge in [0.1, 0.15) is 4.87 Å². The fraction of sp³-hybridized carbons (Fsp3) is 0.250. The van der Waals surface area contributed by atoms with E-state index in [-0.39, 0.29) is 5.25 Å². The molecule has 21 heavy (non-hydrogen) atoms. The molecule has 0 aromatic heterocycles. The first kappa shape index (κ1) is 14.4. The molecular formula is C16H15N3S2. The normalized spacial score (nSPS) is 25.0. The summed E-state index contributed by atoms with van der Waals surface area (Å²) < 4.78 is 0. The Kier molecular flexibility index (Phi) is 4.44. The summed E-state index contributed by atoms with van der Waals surface area (Å²) in [5, 5.41) is 4.40. The van der Waals surface area contributed by atoms with Gasteiger partial charge in [-0.05, 0) is 16.7 Å². The monoisotopic (exact) mass is 313 g/mol. The van der Waals surface area contributed by atoms with E-state index in [0.717, 1.165) is 17.1 Å². The van der Waals surface area contributed by atoms with Crippen LogP contribution in [0.4, 0.5) is 0 Å². The second-order valence-electron chi connectivity index (χ2n) is 4.76. The maximum absolute atomic E-state index is 9.15. The molecule has 3 rings (SSSR count). The van der Waals surface area contributed by atoms with E-state index in [1.165, 1.54) is 5.56 Å². The number of nitrogens with zero attached hydrogens (tertiary/aromatic N) is 3. The molecule has 0 N–H and O–H groups in total. The molecule has 0 spiro atoms. The number of hydrogen-bond acceptors (Lipinski definition) is 3. The highest BCUT2D eigenvalue weighted by atomic mass is 32.2. The van der Waals surface area contributed by atoms with Crippen LogP contribution in [0.3, 0.4) is 0 Å². The molecule has 2 aromatic carbocycles. The molecule has 2 atom stereocenters. The van der Waals surface area contributed by atoms with E-state index >= 15 is 0 Å². The summed E-state index contributed by atoms with van der Waals surface area (Å²) in [6.45, 7) is 0. The van der Waals surface area contributed by atoms with Crippen molar-refractivity contribution in [2.75, 3.05) is 11.5 Å². The first-order chi connectivity index (χ1) is 10.4. The highest BCUT2D eigenvalue weighted by Gasteiger charge is 2.44. The minimum Gasteiger partial charge on any atom is -0.151 e. The largest absolute Gasteiger partial charge is 0.151 e. The molecular weight excluding hydrogens is 298 g/mol. The molecule has 1 aliphatic rings. The van der Waals surface area contributed by atoms with Crippen LogP contribution in [-0.4, -0.2) is 11.5 Å². The Labute approximate surface area is 132 Å². The van der Waals surface area contributed by atoms with Crippen LogP contribution in [0.2, 0.25) is 0 Å². The molecule has 0 saturated carbocycles. The van der Waals surface area contributed by atoms with Crippen LogP contribution >= 0.6 is 23.5 Å². The average Bonchev–Trinajstić information content (AvgIpc) is 2.57. The van der Waals surface area contributed by atoms with E-state index < -0.39 is 4.87 Å². The average molecular weight is 313 g/mol. The second kappa shape index (κ2) is 6.48. The van der Waals surface area contributed by atoms with Crippen LogP contribution in [0.5, 0.6) is 0 Å². The lowest BCUT2D eigenvalue weighted by molar-refractivity contribution is 0.628. The molecule has 1 saturated heterocycles. The predicted octanol–water partition coefficient (Wildman–Crippen LogP) is 5.37. The zero-order valence-corrected chi connectivity index (χ0v) is 13.1. The van der Waals surface area contributed by atoms with Crippen molar-refractivity contribution in [3.05, 3.63) is 82.2 Å². The number of benzene rings is 2.